The van der Waals surface area contributed by atoms with Crippen LogP contribution in [0.3, 0.4) is 0 Å². The van der Waals surface area contributed by atoms with Crippen molar-refractivity contribution in [3.8, 4) is 0 Å². The largest absolute Gasteiger partial charge is 0.411 e. The van der Waals surface area contributed by atoms with E-state index in [9.17, 15) is 0 Å². The van der Waals surface area contributed by atoms with Crippen LogP contribution >= 0.6 is 0 Å². The normalized spacial score (nSPS) is 29.2. The molecular weight excluding hydrogens is 126 g/mol. The molecule has 1 atom stereocenters. The van der Waals surface area contributed by atoms with Gasteiger partial charge in [-0.05, 0) is 25.7 Å². The highest BCUT2D eigenvalue weighted by molar-refractivity contribution is 5.88. The van der Waals surface area contributed by atoms with Crippen LogP contribution in [0.4, 0.5) is 0 Å². The Labute approximate surface area is 61.2 Å². The van der Waals surface area contributed by atoms with E-state index in [4.69, 9.17) is 5.21 Å². The standard InChI is InChI=1S/C8H13NO/c1-2-4-7-5-3-6-8(7)9-10/h2,7,10H,1,3-6H2/b9-8-/t7-/m0/s1. The first-order valence-electron chi connectivity index (χ1n) is 3.70. The van der Waals surface area contributed by atoms with Crippen LogP contribution in [-0.2, 0) is 0 Å². The van der Waals surface area contributed by atoms with Gasteiger partial charge in [-0.25, -0.2) is 0 Å². The maximum Gasteiger partial charge on any atom is 0.0604 e. The smallest absolute Gasteiger partial charge is 0.0604 e. The molecule has 2 nitrogen and oxygen atoms in total. The lowest BCUT2D eigenvalue weighted by Gasteiger charge is -2.03. The van der Waals surface area contributed by atoms with Gasteiger partial charge < -0.3 is 5.21 Å². The Morgan fingerprint density at radius 3 is 3.20 bits per heavy atom. The van der Waals surface area contributed by atoms with Gasteiger partial charge in [0.2, 0.25) is 0 Å². The highest BCUT2D eigenvalue weighted by Crippen LogP contribution is 2.25. The monoisotopic (exact) mass is 139 g/mol. The van der Waals surface area contributed by atoms with Crippen LogP contribution < -0.4 is 0 Å². The molecule has 0 aromatic rings. The molecule has 0 spiro atoms. The highest BCUT2D eigenvalue weighted by Gasteiger charge is 2.21. The Hall–Kier alpha value is -0.790. The number of hydrogen-bond donors (Lipinski definition) is 1. The molecule has 0 bridgehead atoms. The Kier molecular flexibility index (Phi) is 2.49. The molecule has 2 heteroatoms. The molecule has 0 aromatic heterocycles. The van der Waals surface area contributed by atoms with Gasteiger partial charge in [0.05, 0.1) is 5.71 Å². The third kappa shape index (κ3) is 1.38. The summed E-state index contributed by atoms with van der Waals surface area (Å²) in [7, 11) is 0. The average molecular weight is 139 g/mol. The fourth-order valence-electron chi connectivity index (χ4n) is 1.49. The summed E-state index contributed by atoms with van der Waals surface area (Å²) in [6.07, 6.45) is 6.14. The van der Waals surface area contributed by atoms with Gasteiger partial charge in [0.15, 0.2) is 0 Å². The zero-order chi connectivity index (χ0) is 7.40. The summed E-state index contributed by atoms with van der Waals surface area (Å²) in [5, 5.41) is 11.8. The maximum absolute atomic E-state index is 8.52. The van der Waals surface area contributed by atoms with E-state index >= 15 is 0 Å². The minimum atomic E-state index is 0.475. The summed E-state index contributed by atoms with van der Waals surface area (Å²) < 4.78 is 0. The van der Waals surface area contributed by atoms with Crippen LogP contribution in [0, 0.1) is 5.92 Å². The molecule has 0 unspecified atom stereocenters. The molecule has 0 radical (unpaired) electrons. The van der Waals surface area contributed by atoms with Gasteiger partial charge in [0.25, 0.3) is 0 Å². The number of allylic oxidation sites excluding steroid dienone is 1. The first-order valence-corrected chi connectivity index (χ1v) is 3.70. The van der Waals surface area contributed by atoms with Gasteiger partial charge in [-0.3, -0.25) is 0 Å². The number of nitrogens with zero attached hydrogens (tertiary/aromatic N) is 1. The zero-order valence-corrected chi connectivity index (χ0v) is 6.08. The fraction of sp³-hybridized carbons (Fsp3) is 0.625. The second kappa shape index (κ2) is 3.40. The summed E-state index contributed by atoms with van der Waals surface area (Å²) in [5.74, 6) is 0.475. The molecule has 0 amide bonds. The third-order valence-electron chi connectivity index (χ3n) is 2.04. The predicted molar refractivity (Wildman–Crippen MR) is 41.4 cm³/mol. The molecular formula is C8H13NO. The van der Waals surface area contributed by atoms with Crippen LogP contribution in [-0.4, -0.2) is 10.9 Å². The SMILES string of the molecule is C=CC[C@H]1CCC/C1=N/O. The first kappa shape index (κ1) is 7.32. The number of hydrogen-bond acceptors (Lipinski definition) is 2. The van der Waals surface area contributed by atoms with Crippen LogP contribution in [0.5, 0.6) is 0 Å². The van der Waals surface area contributed by atoms with E-state index in [0.29, 0.717) is 5.92 Å². The molecule has 1 rings (SSSR count). The van der Waals surface area contributed by atoms with Crippen molar-refractivity contribution >= 4 is 5.71 Å². The Morgan fingerprint density at radius 1 is 1.80 bits per heavy atom. The molecule has 1 saturated carbocycles. The van der Waals surface area contributed by atoms with Crippen molar-refractivity contribution in [1.29, 1.82) is 0 Å². The molecule has 1 N–H and O–H groups in total. The molecule has 0 aromatic carbocycles. The van der Waals surface area contributed by atoms with Crippen LogP contribution in [0.2, 0.25) is 0 Å². The fourth-order valence-corrected chi connectivity index (χ4v) is 1.49. The second-order valence-corrected chi connectivity index (χ2v) is 2.70. The lowest BCUT2D eigenvalue weighted by atomic mass is 10.0. The van der Waals surface area contributed by atoms with Crippen LogP contribution in [0.1, 0.15) is 25.7 Å². The quantitative estimate of drug-likeness (QED) is 0.355. The molecule has 0 heterocycles. The van der Waals surface area contributed by atoms with Crippen LogP contribution in [0.25, 0.3) is 0 Å². The van der Waals surface area contributed by atoms with E-state index in [0.717, 1.165) is 31.4 Å². The van der Waals surface area contributed by atoms with Crippen molar-refractivity contribution in [1.82, 2.24) is 0 Å². The Balaban J connectivity index is 2.50. The van der Waals surface area contributed by atoms with Gasteiger partial charge in [0.1, 0.15) is 0 Å². The molecule has 1 fully saturated rings. The third-order valence-corrected chi connectivity index (χ3v) is 2.04. The zero-order valence-electron chi connectivity index (χ0n) is 6.08. The van der Waals surface area contributed by atoms with E-state index in [1.54, 1.807) is 0 Å². The Bertz CT molecular complexity index is 151. The van der Waals surface area contributed by atoms with Gasteiger partial charge in [-0.1, -0.05) is 11.2 Å². The first-order chi connectivity index (χ1) is 4.88. The maximum atomic E-state index is 8.52. The molecule has 0 saturated heterocycles. The molecule has 1 aliphatic carbocycles. The van der Waals surface area contributed by atoms with Crippen molar-refractivity contribution in [2.24, 2.45) is 11.1 Å². The summed E-state index contributed by atoms with van der Waals surface area (Å²) in [4.78, 5) is 0. The minimum absolute atomic E-state index is 0.475. The Morgan fingerprint density at radius 2 is 2.60 bits per heavy atom. The van der Waals surface area contributed by atoms with Crippen LogP contribution in [0.15, 0.2) is 17.8 Å². The predicted octanol–water partition coefficient (Wildman–Crippen LogP) is 2.19. The van der Waals surface area contributed by atoms with Crippen molar-refractivity contribution in [3.05, 3.63) is 12.7 Å². The number of rotatable bonds is 2. The molecule has 10 heavy (non-hydrogen) atoms. The van der Waals surface area contributed by atoms with Crippen molar-refractivity contribution in [2.75, 3.05) is 0 Å². The van der Waals surface area contributed by atoms with Crippen molar-refractivity contribution in [2.45, 2.75) is 25.7 Å². The van der Waals surface area contributed by atoms with E-state index < -0.39 is 0 Å². The summed E-state index contributed by atoms with van der Waals surface area (Å²) in [6.45, 7) is 3.66. The minimum Gasteiger partial charge on any atom is -0.411 e. The lowest BCUT2D eigenvalue weighted by Crippen LogP contribution is -2.04. The molecule has 56 valence electrons. The molecule has 0 aliphatic heterocycles. The lowest BCUT2D eigenvalue weighted by molar-refractivity contribution is 0.315. The summed E-state index contributed by atoms with van der Waals surface area (Å²) in [6, 6.07) is 0. The van der Waals surface area contributed by atoms with Gasteiger partial charge in [0, 0.05) is 5.92 Å². The van der Waals surface area contributed by atoms with Gasteiger partial charge in [-0.2, -0.15) is 0 Å². The van der Waals surface area contributed by atoms with Crippen molar-refractivity contribution < 1.29 is 5.21 Å². The van der Waals surface area contributed by atoms with Crippen molar-refractivity contribution in [3.63, 3.8) is 0 Å². The number of oxime groups is 1. The second-order valence-electron chi connectivity index (χ2n) is 2.70. The highest BCUT2D eigenvalue weighted by atomic mass is 16.4. The van der Waals surface area contributed by atoms with Gasteiger partial charge >= 0.3 is 0 Å². The summed E-state index contributed by atoms with van der Waals surface area (Å²) in [5.41, 5.74) is 0.958. The van der Waals surface area contributed by atoms with E-state index in [-0.39, 0.29) is 0 Å². The van der Waals surface area contributed by atoms with Gasteiger partial charge in [-0.15, -0.1) is 6.58 Å². The van der Waals surface area contributed by atoms with E-state index in [1.807, 2.05) is 6.08 Å². The van der Waals surface area contributed by atoms with E-state index in [1.165, 1.54) is 0 Å². The molecule has 1 aliphatic rings. The average Bonchev–Trinajstić information content (AvgIpc) is 2.36. The van der Waals surface area contributed by atoms with E-state index in [2.05, 4.69) is 11.7 Å². The summed E-state index contributed by atoms with van der Waals surface area (Å²) >= 11 is 0. The topological polar surface area (TPSA) is 32.6 Å².